The molecule has 0 amide bonds. The molecule has 0 saturated heterocycles. The minimum atomic E-state index is 0.273. The molecule has 1 N–H and O–H groups in total. The molecular weight excluding hydrogens is 216 g/mol. The average Bonchev–Trinajstić information content (AvgIpc) is 2.65. The van der Waals surface area contributed by atoms with Crippen LogP contribution in [0.25, 0.3) is 0 Å². The molecule has 1 aromatic heterocycles. The van der Waals surface area contributed by atoms with E-state index in [0.29, 0.717) is 6.61 Å². The Kier molecular flexibility index (Phi) is 6.00. The van der Waals surface area contributed by atoms with Gasteiger partial charge in [-0.3, -0.25) is 0 Å². The predicted octanol–water partition coefficient (Wildman–Crippen LogP) is 1.28. The highest BCUT2D eigenvalue weighted by Crippen LogP contribution is 2.07. The molecule has 0 fully saturated rings. The molecule has 98 valence electrons. The molecule has 0 aliphatic rings. The molecule has 1 atom stereocenters. The number of methoxy groups -OCH3 is 1. The van der Waals surface area contributed by atoms with Gasteiger partial charge < -0.3 is 19.5 Å². The number of anilines is 1. The normalized spacial score (nSPS) is 13.0. The fourth-order valence-corrected chi connectivity index (χ4v) is 1.70. The Bertz CT molecular complexity index is 311. The Morgan fingerprint density at radius 3 is 2.94 bits per heavy atom. The van der Waals surface area contributed by atoms with E-state index in [2.05, 4.69) is 40.8 Å². The Balaban J connectivity index is 2.42. The first-order valence-electron chi connectivity index (χ1n) is 6.05. The van der Waals surface area contributed by atoms with Crippen molar-refractivity contribution in [2.75, 3.05) is 39.7 Å². The van der Waals surface area contributed by atoms with E-state index in [1.165, 1.54) is 0 Å². The zero-order valence-corrected chi connectivity index (χ0v) is 11.3. The van der Waals surface area contributed by atoms with Crippen LogP contribution in [0.15, 0.2) is 12.4 Å². The van der Waals surface area contributed by atoms with Gasteiger partial charge in [0.25, 0.3) is 0 Å². The maximum Gasteiger partial charge on any atom is 0.203 e. The van der Waals surface area contributed by atoms with E-state index in [4.69, 9.17) is 4.74 Å². The number of nitrogens with zero attached hydrogens (tertiary/aromatic N) is 3. The second kappa shape index (κ2) is 7.29. The summed E-state index contributed by atoms with van der Waals surface area (Å²) in [4.78, 5) is 6.51. The summed E-state index contributed by atoms with van der Waals surface area (Å²) in [6.07, 6.45) is 4.96. The third kappa shape index (κ3) is 5.19. The van der Waals surface area contributed by atoms with Crippen molar-refractivity contribution >= 4 is 5.95 Å². The van der Waals surface area contributed by atoms with Crippen molar-refractivity contribution in [1.29, 1.82) is 0 Å². The Morgan fingerprint density at radius 1 is 1.53 bits per heavy atom. The molecule has 0 aromatic carbocycles. The van der Waals surface area contributed by atoms with E-state index < -0.39 is 0 Å². The quantitative estimate of drug-likeness (QED) is 0.743. The molecule has 0 radical (unpaired) electrons. The van der Waals surface area contributed by atoms with Crippen LogP contribution >= 0.6 is 0 Å². The van der Waals surface area contributed by atoms with Crippen LogP contribution in [0.5, 0.6) is 0 Å². The van der Waals surface area contributed by atoms with Crippen molar-refractivity contribution in [2.24, 2.45) is 0 Å². The second-order valence-corrected chi connectivity index (χ2v) is 4.60. The van der Waals surface area contributed by atoms with Gasteiger partial charge in [-0.15, -0.1) is 0 Å². The number of hydrogen-bond donors (Lipinski definition) is 1. The minimum absolute atomic E-state index is 0.273. The monoisotopic (exact) mass is 240 g/mol. The minimum Gasteiger partial charge on any atom is -0.383 e. The molecule has 17 heavy (non-hydrogen) atoms. The summed E-state index contributed by atoms with van der Waals surface area (Å²) in [7, 11) is 5.89. The maximum absolute atomic E-state index is 5.10. The van der Waals surface area contributed by atoms with Gasteiger partial charge in [-0.05, 0) is 34.0 Å². The molecule has 1 heterocycles. The van der Waals surface area contributed by atoms with Crippen molar-refractivity contribution in [3.05, 3.63) is 12.4 Å². The lowest BCUT2D eigenvalue weighted by Gasteiger charge is -2.16. The smallest absolute Gasteiger partial charge is 0.203 e. The number of nitrogens with one attached hydrogen (secondary N) is 1. The van der Waals surface area contributed by atoms with Gasteiger partial charge in [-0.25, -0.2) is 4.98 Å². The topological polar surface area (TPSA) is 42.3 Å². The first-order valence-corrected chi connectivity index (χ1v) is 6.05. The van der Waals surface area contributed by atoms with Gasteiger partial charge in [-0.1, -0.05) is 0 Å². The zero-order chi connectivity index (χ0) is 12.7. The zero-order valence-electron chi connectivity index (χ0n) is 11.3. The van der Waals surface area contributed by atoms with Crippen LogP contribution in [-0.2, 0) is 11.3 Å². The van der Waals surface area contributed by atoms with Gasteiger partial charge in [0.15, 0.2) is 0 Å². The van der Waals surface area contributed by atoms with Crippen molar-refractivity contribution in [2.45, 2.75) is 25.9 Å². The third-order valence-corrected chi connectivity index (χ3v) is 2.51. The number of ether oxygens (including phenoxy) is 1. The summed E-state index contributed by atoms with van der Waals surface area (Å²) in [6.45, 7) is 4.85. The first-order chi connectivity index (χ1) is 8.13. The molecule has 1 aromatic rings. The van der Waals surface area contributed by atoms with Crippen LogP contribution in [-0.4, -0.2) is 54.8 Å². The molecule has 0 bridgehead atoms. The molecule has 0 aliphatic heterocycles. The van der Waals surface area contributed by atoms with E-state index >= 15 is 0 Å². The number of aryl methyl sites for hydroxylation is 1. The predicted molar refractivity (Wildman–Crippen MR) is 70.4 cm³/mol. The lowest BCUT2D eigenvalue weighted by molar-refractivity contribution is 0.190. The molecule has 0 saturated carbocycles. The van der Waals surface area contributed by atoms with Crippen LogP contribution in [0.1, 0.15) is 13.3 Å². The van der Waals surface area contributed by atoms with Crippen molar-refractivity contribution in [1.82, 2.24) is 14.5 Å². The van der Waals surface area contributed by atoms with Crippen LogP contribution in [0.2, 0.25) is 0 Å². The Morgan fingerprint density at radius 2 is 2.29 bits per heavy atom. The second-order valence-electron chi connectivity index (χ2n) is 4.60. The fourth-order valence-electron chi connectivity index (χ4n) is 1.70. The molecule has 1 unspecified atom stereocenters. The van der Waals surface area contributed by atoms with Gasteiger partial charge in [0.05, 0.1) is 6.61 Å². The highest BCUT2D eigenvalue weighted by molar-refractivity contribution is 5.27. The van der Waals surface area contributed by atoms with Crippen LogP contribution in [0.4, 0.5) is 5.95 Å². The number of aromatic nitrogens is 2. The van der Waals surface area contributed by atoms with Gasteiger partial charge in [0, 0.05) is 32.1 Å². The molecule has 1 rings (SSSR count). The van der Waals surface area contributed by atoms with E-state index in [1.54, 1.807) is 7.11 Å². The van der Waals surface area contributed by atoms with Crippen molar-refractivity contribution < 1.29 is 4.74 Å². The highest BCUT2D eigenvalue weighted by Gasteiger charge is 2.06. The summed E-state index contributed by atoms with van der Waals surface area (Å²) < 4.78 is 7.25. The molecule has 5 heteroatoms. The SMILES string of the molecule is COCC(C)Nc1nccn1CCCN(C)C. The Hall–Kier alpha value is -1.07. The molecule has 0 spiro atoms. The number of imidazole rings is 1. The number of rotatable bonds is 8. The van der Waals surface area contributed by atoms with Crippen molar-refractivity contribution in [3.8, 4) is 0 Å². The van der Waals surface area contributed by atoms with Crippen LogP contribution < -0.4 is 5.32 Å². The highest BCUT2D eigenvalue weighted by atomic mass is 16.5. The Labute approximate surface area is 104 Å². The van der Waals surface area contributed by atoms with Crippen molar-refractivity contribution in [3.63, 3.8) is 0 Å². The first kappa shape index (κ1) is 14.0. The number of hydrogen-bond acceptors (Lipinski definition) is 4. The van der Waals surface area contributed by atoms with E-state index in [9.17, 15) is 0 Å². The summed E-state index contributed by atoms with van der Waals surface area (Å²) in [5.74, 6) is 0.924. The maximum atomic E-state index is 5.10. The summed E-state index contributed by atoms with van der Waals surface area (Å²) in [5.41, 5.74) is 0. The summed E-state index contributed by atoms with van der Waals surface area (Å²) >= 11 is 0. The standard InChI is InChI=1S/C12H24N4O/c1-11(10-17-4)14-12-13-6-9-16(12)8-5-7-15(2)3/h6,9,11H,5,7-8,10H2,1-4H3,(H,13,14). The lowest BCUT2D eigenvalue weighted by Crippen LogP contribution is -2.23. The van der Waals surface area contributed by atoms with E-state index in [0.717, 1.165) is 25.5 Å². The van der Waals surface area contributed by atoms with E-state index in [-0.39, 0.29) is 6.04 Å². The molecule has 5 nitrogen and oxygen atoms in total. The summed E-state index contributed by atoms with van der Waals surface area (Å²) in [6, 6.07) is 0.273. The van der Waals surface area contributed by atoms with Gasteiger partial charge in [0.1, 0.15) is 0 Å². The van der Waals surface area contributed by atoms with Crippen LogP contribution in [0, 0.1) is 0 Å². The van der Waals surface area contributed by atoms with E-state index in [1.807, 2.05) is 12.4 Å². The summed E-state index contributed by atoms with van der Waals surface area (Å²) in [5, 5.41) is 3.34. The molecular formula is C12H24N4O. The van der Waals surface area contributed by atoms with Gasteiger partial charge in [0.2, 0.25) is 5.95 Å². The molecule has 0 aliphatic carbocycles. The largest absolute Gasteiger partial charge is 0.383 e. The fraction of sp³-hybridized carbons (Fsp3) is 0.750. The average molecular weight is 240 g/mol. The van der Waals surface area contributed by atoms with Gasteiger partial charge >= 0.3 is 0 Å². The van der Waals surface area contributed by atoms with Gasteiger partial charge in [-0.2, -0.15) is 0 Å². The third-order valence-electron chi connectivity index (χ3n) is 2.51. The van der Waals surface area contributed by atoms with Crippen LogP contribution in [0.3, 0.4) is 0 Å². The lowest BCUT2D eigenvalue weighted by atomic mass is 10.3.